The lowest BCUT2D eigenvalue weighted by Gasteiger charge is -2.06. The number of ether oxygens (including phenoxy) is 2. The van der Waals surface area contributed by atoms with Crippen LogP contribution in [0.25, 0.3) is 0 Å². The van der Waals surface area contributed by atoms with Gasteiger partial charge < -0.3 is 9.47 Å². The molecule has 0 bridgehead atoms. The molecule has 0 aliphatic carbocycles. The highest BCUT2D eigenvalue weighted by Gasteiger charge is 1.96. The van der Waals surface area contributed by atoms with Gasteiger partial charge in [0.05, 0.1) is 19.3 Å². The second-order valence-electron chi connectivity index (χ2n) is 9.31. The fourth-order valence-electron chi connectivity index (χ4n) is 3.56. The molecule has 0 amide bonds. The Morgan fingerprint density at radius 3 is 1.84 bits per heavy atom. The summed E-state index contributed by atoms with van der Waals surface area (Å²) < 4.78 is 12.9. The summed E-state index contributed by atoms with van der Waals surface area (Å²) in [6.07, 6.45) is 6.71. The maximum atomic E-state index is 5.67. The molecule has 0 aliphatic rings. The molecule has 0 spiro atoms. The minimum absolute atomic E-state index is 0.629. The fourth-order valence-corrected chi connectivity index (χ4v) is 3.56. The number of hydrogen-bond donors (Lipinski definition) is 0. The first kappa shape index (κ1) is 36.6. The van der Waals surface area contributed by atoms with Crippen molar-refractivity contribution >= 4 is 0 Å². The zero-order chi connectivity index (χ0) is 31.7. The van der Waals surface area contributed by atoms with E-state index in [9.17, 15) is 0 Å². The summed E-state index contributed by atoms with van der Waals surface area (Å²) in [6.45, 7) is 18.5. The molecule has 43 heavy (non-hydrogen) atoms. The highest BCUT2D eigenvalue weighted by atomic mass is 16.5. The molecule has 3 aromatic carbocycles. The Labute approximate surface area is 260 Å². The van der Waals surface area contributed by atoms with E-state index in [1.165, 1.54) is 27.8 Å². The lowest BCUT2D eigenvalue weighted by molar-refractivity contribution is 0.305. The van der Waals surface area contributed by atoms with Gasteiger partial charge in [0.15, 0.2) is 0 Å². The van der Waals surface area contributed by atoms with E-state index in [0.29, 0.717) is 6.61 Å². The van der Waals surface area contributed by atoms with Gasteiger partial charge in [0, 0.05) is 18.5 Å². The van der Waals surface area contributed by atoms with Gasteiger partial charge in [-0.2, -0.15) is 5.10 Å². The van der Waals surface area contributed by atoms with Crippen LogP contribution < -0.4 is 9.47 Å². The predicted molar refractivity (Wildman–Crippen MR) is 182 cm³/mol. The summed E-state index contributed by atoms with van der Waals surface area (Å²) in [7, 11) is 0. The SMILES string of the molecule is CC.CC.CCCOc1cc(C)ccn1.Cc1cccc(OCc2ccccc2)c1.Cc1cnn(Cc2ccccc2)c1. The zero-order valence-corrected chi connectivity index (χ0v) is 27.5. The van der Waals surface area contributed by atoms with Crippen LogP contribution in [0.15, 0.2) is 116 Å². The van der Waals surface area contributed by atoms with Crippen molar-refractivity contribution in [2.24, 2.45) is 0 Å². The largest absolute Gasteiger partial charge is 0.489 e. The molecular weight excluding hydrogens is 530 g/mol. The van der Waals surface area contributed by atoms with Crippen molar-refractivity contribution in [3.05, 3.63) is 143 Å². The Morgan fingerprint density at radius 1 is 0.651 bits per heavy atom. The lowest BCUT2D eigenvalue weighted by Crippen LogP contribution is -1.98. The van der Waals surface area contributed by atoms with E-state index in [0.717, 1.165) is 31.2 Å². The average Bonchev–Trinajstić information content (AvgIpc) is 3.47. The van der Waals surface area contributed by atoms with Crippen molar-refractivity contribution in [2.75, 3.05) is 6.61 Å². The Balaban J connectivity index is 0.000000308. The molecule has 0 radical (unpaired) electrons. The topological polar surface area (TPSA) is 49.2 Å². The summed E-state index contributed by atoms with van der Waals surface area (Å²) >= 11 is 0. The number of hydrogen-bond acceptors (Lipinski definition) is 4. The van der Waals surface area contributed by atoms with Gasteiger partial charge >= 0.3 is 0 Å². The standard InChI is InChI=1S/C14H14O.C11H12N2.C9H13NO.2C2H6/c1-12-6-5-9-14(10-12)15-11-13-7-3-2-4-8-13;1-10-7-12-13(8-10)9-11-5-3-2-4-6-11;1-3-6-11-9-7-8(2)4-5-10-9;2*1-2/h2-10H,11H2,1H3;2-8H,9H2,1H3;4-5,7H,3,6H2,1-2H3;2*1-2H3. The van der Waals surface area contributed by atoms with Crippen molar-refractivity contribution in [3.63, 3.8) is 0 Å². The fraction of sp³-hybridized carbons (Fsp3) is 0.316. The Kier molecular flexibility index (Phi) is 19.8. The maximum absolute atomic E-state index is 5.67. The van der Waals surface area contributed by atoms with Crippen LogP contribution in [0.3, 0.4) is 0 Å². The van der Waals surface area contributed by atoms with Crippen LogP contribution >= 0.6 is 0 Å². The van der Waals surface area contributed by atoms with Gasteiger partial charge in [0.1, 0.15) is 12.4 Å². The third kappa shape index (κ3) is 16.6. The molecule has 0 saturated carbocycles. The van der Waals surface area contributed by atoms with E-state index in [1.54, 1.807) is 6.20 Å². The van der Waals surface area contributed by atoms with E-state index < -0.39 is 0 Å². The maximum Gasteiger partial charge on any atom is 0.213 e. The van der Waals surface area contributed by atoms with Crippen LogP contribution in [-0.4, -0.2) is 21.4 Å². The Hall–Kier alpha value is -4.38. The number of rotatable bonds is 8. The van der Waals surface area contributed by atoms with Crippen LogP contribution in [0.1, 0.15) is 68.9 Å². The number of aromatic nitrogens is 3. The van der Waals surface area contributed by atoms with E-state index in [2.05, 4.69) is 61.2 Å². The second-order valence-corrected chi connectivity index (χ2v) is 9.31. The van der Waals surface area contributed by atoms with E-state index in [4.69, 9.17) is 9.47 Å². The van der Waals surface area contributed by atoms with Gasteiger partial charge in [-0.1, -0.05) is 107 Å². The van der Waals surface area contributed by atoms with Gasteiger partial charge in [-0.25, -0.2) is 4.98 Å². The van der Waals surface area contributed by atoms with E-state index in [1.807, 2.05) is 118 Å². The van der Waals surface area contributed by atoms with Crippen LogP contribution in [0.2, 0.25) is 0 Å². The monoisotopic (exact) mass is 581 g/mol. The molecule has 0 atom stereocenters. The minimum Gasteiger partial charge on any atom is -0.489 e. The molecule has 5 heteroatoms. The predicted octanol–water partition coefficient (Wildman–Crippen LogP) is 10.0. The van der Waals surface area contributed by atoms with E-state index in [-0.39, 0.29) is 0 Å². The minimum atomic E-state index is 0.629. The molecule has 0 aliphatic heterocycles. The normalized spacial score (nSPS) is 9.30. The van der Waals surface area contributed by atoms with Crippen LogP contribution in [0, 0.1) is 20.8 Å². The molecule has 5 aromatic rings. The molecule has 0 fully saturated rings. The molecule has 0 unspecified atom stereocenters. The highest BCUT2D eigenvalue weighted by molar-refractivity contribution is 5.28. The quantitative estimate of drug-likeness (QED) is 0.183. The van der Waals surface area contributed by atoms with Crippen molar-refractivity contribution in [1.29, 1.82) is 0 Å². The second kappa shape index (κ2) is 23.2. The Bertz CT molecular complexity index is 1350. The van der Waals surface area contributed by atoms with Gasteiger partial charge in [0.25, 0.3) is 0 Å². The van der Waals surface area contributed by atoms with Crippen LogP contribution in [-0.2, 0) is 13.2 Å². The molecule has 5 rings (SSSR count). The molecule has 0 N–H and O–H groups in total. The van der Waals surface area contributed by atoms with Crippen molar-refractivity contribution in [2.45, 2.75) is 75.0 Å². The summed E-state index contributed by atoms with van der Waals surface area (Å²) in [5, 5.41) is 4.23. The molecule has 230 valence electrons. The smallest absolute Gasteiger partial charge is 0.213 e. The molecule has 2 heterocycles. The van der Waals surface area contributed by atoms with Crippen molar-refractivity contribution in [3.8, 4) is 11.6 Å². The third-order valence-corrected chi connectivity index (χ3v) is 5.53. The van der Waals surface area contributed by atoms with Crippen molar-refractivity contribution < 1.29 is 9.47 Å². The first-order valence-electron chi connectivity index (χ1n) is 15.3. The molecular formula is C38H51N3O2. The average molecular weight is 582 g/mol. The summed E-state index contributed by atoms with van der Waals surface area (Å²) in [5.74, 6) is 1.66. The van der Waals surface area contributed by atoms with Gasteiger partial charge in [-0.3, -0.25) is 4.68 Å². The Morgan fingerprint density at radius 2 is 1.28 bits per heavy atom. The first-order valence-corrected chi connectivity index (χ1v) is 15.3. The zero-order valence-electron chi connectivity index (χ0n) is 27.5. The van der Waals surface area contributed by atoms with Gasteiger partial charge in [-0.15, -0.1) is 0 Å². The lowest BCUT2D eigenvalue weighted by atomic mass is 10.2. The van der Waals surface area contributed by atoms with Crippen LogP contribution in [0.5, 0.6) is 11.6 Å². The summed E-state index contributed by atoms with van der Waals surface area (Å²) in [6, 6.07) is 32.5. The first-order chi connectivity index (χ1) is 21.0. The number of pyridine rings is 1. The summed E-state index contributed by atoms with van der Waals surface area (Å²) in [5.41, 5.74) is 6.09. The highest BCUT2D eigenvalue weighted by Crippen LogP contribution is 2.14. The number of aryl methyl sites for hydroxylation is 3. The molecule has 0 saturated heterocycles. The van der Waals surface area contributed by atoms with Gasteiger partial charge in [-0.05, 0) is 73.2 Å². The summed E-state index contributed by atoms with van der Waals surface area (Å²) in [4.78, 5) is 4.05. The van der Waals surface area contributed by atoms with Crippen molar-refractivity contribution in [1.82, 2.24) is 14.8 Å². The van der Waals surface area contributed by atoms with E-state index >= 15 is 0 Å². The van der Waals surface area contributed by atoms with Crippen LogP contribution in [0.4, 0.5) is 0 Å². The number of benzene rings is 3. The number of nitrogens with zero attached hydrogens (tertiary/aromatic N) is 3. The third-order valence-electron chi connectivity index (χ3n) is 5.53. The van der Waals surface area contributed by atoms with Gasteiger partial charge in [0.2, 0.25) is 5.88 Å². The molecule has 2 aromatic heterocycles. The molecule has 5 nitrogen and oxygen atoms in total.